The van der Waals surface area contributed by atoms with E-state index in [1.54, 1.807) is 17.0 Å². The quantitative estimate of drug-likeness (QED) is 0.446. The molecular weight excluding hydrogens is 398 g/mol. The summed E-state index contributed by atoms with van der Waals surface area (Å²) in [6.45, 7) is 5.95. The number of benzene rings is 2. The van der Waals surface area contributed by atoms with Gasteiger partial charge >= 0.3 is 5.76 Å². The number of nitrogens with zero attached hydrogens (tertiary/aromatic N) is 3. The van der Waals surface area contributed by atoms with E-state index in [2.05, 4.69) is 5.10 Å². The van der Waals surface area contributed by atoms with Crippen molar-refractivity contribution in [3.8, 4) is 17.4 Å². The summed E-state index contributed by atoms with van der Waals surface area (Å²) in [7, 11) is 0. The maximum Gasteiger partial charge on any atom is 0.437 e. The van der Waals surface area contributed by atoms with Gasteiger partial charge in [0, 0.05) is 17.1 Å². The molecule has 0 aliphatic carbocycles. The number of carbonyl (C=O) groups excluding carboxylic acids is 1. The fourth-order valence-corrected chi connectivity index (χ4v) is 3.44. The van der Waals surface area contributed by atoms with E-state index < -0.39 is 5.76 Å². The SMILES string of the molecule is CCOc1cccc2cc(-c3nn(CC(=O)N(c4ccccc4)C(C)C)c(=O)o3)oc12. The zero-order valence-electron chi connectivity index (χ0n) is 17.6. The number of fused-ring (bicyclic) bond motifs is 1. The molecule has 2 aromatic carbocycles. The number of hydrogen-bond donors (Lipinski definition) is 0. The Balaban J connectivity index is 1.62. The number of para-hydroxylation sites is 2. The van der Waals surface area contributed by atoms with Crippen LogP contribution in [0, 0.1) is 0 Å². The molecule has 2 heterocycles. The molecule has 8 heteroatoms. The summed E-state index contributed by atoms with van der Waals surface area (Å²) in [6.07, 6.45) is 0. The summed E-state index contributed by atoms with van der Waals surface area (Å²) >= 11 is 0. The smallest absolute Gasteiger partial charge is 0.437 e. The van der Waals surface area contributed by atoms with Crippen molar-refractivity contribution >= 4 is 22.6 Å². The average molecular weight is 421 g/mol. The van der Waals surface area contributed by atoms with Crippen LogP contribution in [-0.4, -0.2) is 28.3 Å². The van der Waals surface area contributed by atoms with Crippen molar-refractivity contribution in [2.24, 2.45) is 0 Å². The molecule has 160 valence electrons. The van der Waals surface area contributed by atoms with Crippen LogP contribution in [0.1, 0.15) is 20.8 Å². The molecule has 0 spiro atoms. The minimum absolute atomic E-state index is 0.00672. The standard InChI is InChI=1S/C23H23N3O5/c1-4-29-18-12-8-9-16-13-19(30-21(16)18)22-24-25(23(28)31-22)14-20(27)26(15(2)3)17-10-6-5-7-11-17/h5-13,15H,4,14H2,1-3H3. The van der Waals surface area contributed by atoms with Crippen LogP contribution in [0.4, 0.5) is 5.69 Å². The number of amides is 1. The van der Waals surface area contributed by atoms with Gasteiger partial charge in [0.1, 0.15) is 6.54 Å². The maximum atomic E-state index is 13.0. The number of anilines is 1. The minimum atomic E-state index is -0.731. The number of rotatable bonds is 7. The number of furan rings is 1. The molecule has 31 heavy (non-hydrogen) atoms. The summed E-state index contributed by atoms with van der Waals surface area (Å²) in [5, 5.41) is 4.98. The molecular formula is C23H23N3O5. The van der Waals surface area contributed by atoms with Gasteiger partial charge in [-0.05, 0) is 45.0 Å². The van der Waals surface area contributed by atoms with Gasteiger partial charge in [-0.1, -0.05) is 30.3 Å². The molecule has 0 radical (unpaired) electrons. The first-order valence-electron chi connectivity index (χ1n) is 10.1. The van der Waals surface area contributed by atoms with Gasteiger partial charge in [-0.25, -0.2) is 4.79 Å². The van der Waals surface area contributed by atoms with Crippen molar-refractivity contribution in [2.45, 2.75) is 33.4 Å². The Bertz CT molecular complexity index is 1250. The van der Waals surface area contributed by atoms with Gasteiger partial charge < -0.3 is 18.5 Å². The first-order valence-corrected chi connectivity index (χ1v) is 10.1. The highest BCUT2D eigenvalue weighted by molar-refractivity contribution is 5.93. The minimum Gasteiger partial charge on any atom is -0.490 e. The van der Waals surface area contributed by atoms with Crippen LogP contribution in [0.15, 0.2) is 68.2 Å². The molecule has 1 amide bonds. The van der Waals surface area contributed by atoms with E-state index in [4.69, 9.17) is 13.6 Å². The molecule has 0 atom stereocenters. The monoisotopic (exact) mass is 421 g/mol. The van der Waals surface area contributed by atoms with Crippen LogP contribution in [0.2, 0.25) is 0 Å². The highest BCUT2D eigenvalue weighted by Crippen LogP contribution is 2.32. The highest BCUT2D eigenvalue weighted by atomic mass is 16.5. The van der Waals surface area contributed by atoms with Gasteiger partial charge in [0.25, 0.3) is 5.89 Å². The molecule has 0 aliphatic rings. The average Bonchev–Trinajstić information content (AvgIpc) is 3.33. The topological polar surface area (TPSA) is 90.7 Å². The molecule has 0 fully saturated rings. The third kappa shape index (κ3) is 4.09. The number of ether oxygens (including phenoxy) is 1. The molecule has 0 saturated carbocycles. The van der Waals surface area contributed by atoms with Gasteiger partial charge in [-0.15, -0.1) is 5.10 Å². The third-order valence-electron chi connectivity index (χ3n) is 4.73. The van der Waals surface area contributed by atoms with E-state index in [0.29, 0.717) is 17.9 Å². The van der Waals surface area contributed by atoms with Crippen molar-refractivity contribution in [1.29, 1.82) is 0 Å². The second-order valence-corrected chi connectivity index (χ2v) is 7.24. The summed E-state index contributed by atoms with van der Waals surface area (Å²) in [5.74, 6) is -0.114. The van der Waals surface area contributed by atoms with Crippen LogP contribution in [0.25, 0.3) is 22.6 Å². The normalized spacial score (nSPS) is 11.2. The van der Waals surface area contributed by atoms with E-state index in [9.17, 15) is 9.59 Å². The van der Waals surface area contributed by atoms with E-state index in [1.165, 1.54) is 0 Å². The lowest BCUT2D eigenvalue weighted by atomic mass is 10.2. The molecule has 0 bridgehead atoms. The highest BCUT2D eigenvalue weighted by Gasteiger charge is 2.23. The first kappa shape index (κ1) is 20.5. The van der Waals surface area contributed by atoms with Crippen molar-refractivity contribution in [1.82, 2.24) is 9.78 Å². The van der Waals surface area contributed by atoms with Crippen molar-refractivity contribution in [3.63, 3.8) is 0 Å². The molecule has 0 aliphatic heterocycles. The largest absolute Gasteiger partial charge is 0.490 e. The molecule has 0 saturated heterocycles. The predicted molar refractivity (Wildman–Crippen MR) is 116 cm³/mol. The Morgan fingerprint density at radius 2 is 1.90 bits per heavy atom. The van der Waals surface area contributed by atoms with E-state index >= 15 is 0 Å². The summed E-state index contributed by atoms with van der Waals surface area (Å²) in [6, 6.07) is 16.4. The van der Waals surface area contributed by atoms with Crippen LogP contribution < -0.4 is 15.4 Å². The van der Waals surface area contributed by atoms with Crippen molar-refractivity contribution in [3.05, 3.63) is 65.1 Å². The van der Waals surface area contributed by atoms with Gasteiger partial charge in [0.2, 0.25) is 5.91 Å². The van der Waals surface area contributed by atoms with Crippen molar-refractivity contribution in [2.75, 3.05) is 11.5 Å². The fraction of sp³-hybridized carbons (Fsp3) is 0.261. The Morgan fingerprint density at radius 3 is 2.61 bits per heavy atom. The Kier molecular flexibility index (Phi) is 5.62. The van der Waals surface area contributed by atoms with Crippen LogP contribution in [0.5, 0.6) is 5.75 Å². The number of carbonyl (C=O) groups is 1. The maximum absolute atomic E-state index is 13.0. The summed E-state index contributed by atoms with van der Waals surface area (Å²) in [4.78, 5) is 26.9. The number of hydrogen-bond acceptors (Lipinski definition) is 6. The molecule has 8 nitrogen and oxygen atoms in total. The Labute approximate surface area is 178 Å². The molecule has 2 aromatic heterocycles. The van der Waals surface area contributed by atoms with Crippen LogP contribution in [0.3, 0.4) is 0 Å². The fourth-order valence-electron chi connectivity index (χ4n) is 3.44. The number of aromatic nitrogens is 2. The predicted octanol–water partition coefficient (Wildman–Crippen LogP) is 4.09. The molecule has 0 unspecified atom stereocenters. The van der Waals surface area contributed by atoms with Gasteiger partial charge in [0.05, 0.1) is 6.61 Å². The van der Waals surface area contributed by atoms with Gasteiger partial charge in [-0.3, -0.25) is 4.79 Å². The summed E-state index contributed by atoms with van der Waals surface area (Å²) < 4.78 is 17.7. The molecule has 4 aromatic rings. The van der Waals surface area contributed by atoms with Crippen molar-refractivity contribution < 1.29 is 18.4 Å². The van der Waals surface area contributed by atoms with Gasteiger partial charge in [0.15, 0.2) is 17.1 Å². The lowest BCUT2D eigenvalue weighted by Gasteiger charge is -2.26. The zero-order valence-corrected chi connectivity index (χ0v) is 17.6. The summed E-state index contributed by atoms with van der Waals surface area (Å²) in [5.41, 5.74) is 1.29. The Hall–Kier alpha value is -3.81. The van der Waals surface area contributed by atoms with Crippen LogP contribution >= 0.6 is 0 Å². The van der Waals surface area contributed by atoms with Crippen LogP contribution in [-0.2, 0) is 11.3 Å². The van der Waals surface area contributed by atoms with Gasteiger partial charge in [-0.2, -0.15) is 4.68 Å². The lowest BCUT2D eigenvalue weighted by Crippen LogP contribution is -2.40. The third-order valence-corrected chi connectivity index (χ3v) is 4.73. The second kappa shape index (κ2) is 8.51. The Morgan fingerprint density at radius 1 is 1.13 bits per heavy atom. The molecule has 4 rings (SSSR count). The van der Waals surface area contributed by atoms with E-state index in [-0.39, 0.29) is 30.1 Å². The molecule has 0 N–H and O–H groups in total. The zero-order chi connectivity index (χ0) is 22.0. The first-order chi connectivity index (χ1) is 15.0. The lowest BCUT2D eigenvalue weighted by molar-refractivity contribution is -0.119. The van der Waals surface area contributed by atoms with E-state index in [0.717, 1.165) is 15.8 Å². The second-order valence-electron chi connectivity index (χ2n) is 7.24. The van der Waals surface area contributed by atoms with E-state index in [1.807, 2.05) is 63.2 Å².